The monoisotopic (exact) mass is 527 g/mol. The minimum absolute atomic E-state index is 0. The number of benzene rings is 3. The summed E-state index contributed by atoms with van der Waals surface area (Å²) in [5.41, 5.74) is 5.61. The Kier molecular flexibility index (Phi) is 8.91. The van der Waals surface area contributed by atoms with Crippen LogP contribution in [0.15, 0.2) is 71.6 Å². The molecule has 8 heteroatoms. The number of carboxylic acid groups (broad SMARTS) is 1. The number of nitrogens with zero attached hydrogens (tertiary/aromatic N) is 1. The maximum Gasteiger partial charge on any atom is 1.00 e. The van der Waals surface area contributed by atoms with E-state index in [0.29, 0.717) is 22.3 Å². The number of thioether (sulfide) groups is 2. The number of fused-ring (bicyclic) bond motifs is 3. The van der Waals surface area contributed by atoms with Gasteiger partial charge in [0.05, 0.1) is 16.5 Å². The molecule has 0 radical (unpaired) electrons. The fraction of sp³-hybridized carbons (Fsp3) is 0.143. The SMILES string of the molecule is O=C([O-])CCSC1c2ccccc2CSc2ccc(C=Cc3ccc4cc(F)c(F)cc4n3)cc21.[Na+]. The van der Waals surface area contributed by atoms with Gasteiger partial charge >= 0.3 is 29.6 Å². The fourth-order valence-corrected chi connectivity index (χ4v) is 6.56. The summed E-state index contributed by atoms with van der Waals surface area (Å²) < 4.78 is 27.1. The third-order valence-corrected chi connectivity index (χ3v) is 8.25. The van der Waals surface area contributed by atoms with Gasteiger partial charge in [-0.1, -0.05) is 42.5 Å². The summed E-state index contributed by atoms with van der Waals surface area (Å²) in [6.45, 7) is 0. The van der Waals surface area contributed by atoms with E-state index in [0.717, 1.165) is 29.0 Å². The van der Waals surface area contributed by atoms with Crippen LogP contribution in [-0.2, 0) is 10.5 Å². The van der Waals surface area contributed by atoms with Crippen molar-refractivity contribution in [1.29, 1.82) is 0 Å². The largest absolute Gasteiger partial charge is 1.00 e. The second kappa shape index (κ2) is 11.9. The molecule has 2 heterocycles. The maximum atomic E-state index is 13.6. The summed E-state index contributed by atoms with van der Waals surface area (Å²) in [6.07, 6.45) is 3.79. The zero-order valence-electron chi connectivity index (χ0n) is 19.5. The van der Waals surface area contributed by atoms with Crippen molar-refractivity contribution in [2.75, 3.05) is 5.75 Å². The van der Waals surface area contributed by atoms with Gasteiger partial charge in [-0.15, -0.1) is 23.5 Å². The van der Waals surface area contributed by atoms with Crippen LogP contribution in [0.1, 0.15) is 39.6 Å². The van der Waals surface area contributed by atoms with Gasteiger partial charge in [0.25, 0.3) is 0 Å². The van der Waals surface area contributed by atoms with E-state index in [1.165, 1.54) is 16.0 Å². The van der Waals surface area contributed by atoms with Gasteiger partial charge < -0.3 is 9.90 Å². The third-order valence-electron chi connectivity index (χ3n) is 5.83. The van der Waals surface area contributed by atoms with Crippen LogP contribution in [0.25, 0.3) is 23.1 Å². The summed E-state index contributed by atoms with van der Waals surface area (Å²) in [6, 6.07) is 20.3. The number of halogens is 2. The summed E-state index contributed by atoms with van der Waals surface area (Å²) in [4.78, 5) is 16.6. The van der Waals surface area contributed by atoms with E-state index in [9.17, 15) is 18.7 Å². The Balaban J connectivity index is 0.00000304. The molecule has 0 spiro atoms. The molecule has 1 aliphatic heterocycles. The molecule has 0 N–H and O–H groups in total. The molecule has 3 aromatic carbocycles. The zero-order valence-corrected chi connectivity index (χ0v) is 23.2. The molecule has 0 fully saturated rings. The van der Waals surface area contributed by atoms with Crippen molar-refractivity contribution in [3.05, 3.63) is 106 Å². The molecule has 0 bridgehead atoms. The van der Waals surface area contributed by atoms with Crippen LogP contribution < -0.4 is 34.7 Å². The third kappa shape index (κ3) is 6.03. The molecule has 0 saturated carbocycles. The molecule has 0 amide bonds. The molecule has 5 rings (SSSR count). The van der Waals surface area contributed by atoms with Gasteiger partial charge in [-0.2, -0.15) is 0 Å². The first-order valence-corrected chi connectivity index (χ1v) is 13.1. The van der Waals surface area contributed by atoms with Crippen molar-refractivity contribution in [2.24, 2.45) is 0 Å². The molecule has 0 aliphatic carbocycles. The Morgan fingerprint density at radius 3 is 2.67 bits per heavy atom. The van der Waals surface area contributed by atoms with Crippen LogP contribution in [0.4, 0.5) is 8.78 Å². The van der Waals surface area contributed by atoms with Crippen LogP contribution in [-0.4, -0.2) is 16.7 Å². The van der Waals surface area contributed by atoms with Gasteiger partial charge in [0.2, 0.25) is 0 Å². The average molecular weight is 528 g/mol. The number of aromatic nitrogens is 1. The molecule has 3 nitrogen and oxygen atoms in total. The van der Waals surface area contributed by atoms with Gasteiger partial charge in [0.15, 0.2) is 11.6 Å². The van der Waals surface area contributed by atoms with Gasteiger partial charge in [-0.25, -0.2) is 13.8 Å². The maximum absolute atomic E-state index is 13.6. The standard InChI is InChI=1S/C28H21F2NO2S2.Na/c29-23-14-18-7-9-20(31-25(18)15-24(23)30)8-5-17-6-10-26-22(13-17)28(34-12-11-27(32)33)21-4-2-1-3-19(21)16-35-26;/h1-10,13-15,28H,11-12,16H2,(H,32,33);/q;+1/p-1. The Bertz CT molecular complexity index is 1460. The first-order chi connectivity index (χ1) is 17.0. The predicted octanol–water partition coefficient (Wildman–Crippen LogP) is 3.26. The number of hydrogen-bond donors (Lipinski definition) is 0. The summed E-state index contributed by atoms with van der Waals surface area (Å²) in [7, 11) is 0. The number of hydrogen-bond acceptors (Lipinski definition) is 5. The average Bonchev–Trinajstić information content (AvgIpc) is 3.00. The number of carboxylic acids is 1. The van der Waals surface area contributed by atoms with Crippen LogP contribution in [0, 0.1) is 11.6 Å². The van der Waals surface area contributed by atoms with E-state index in [1.54, 1.807) is 35.7 Å². The van der Waals surface area contributed by atoms with Gasteiger partial charge in [-0.3, -0.25) is 0 Å². The van der Waals surface area contributed by atoms with E-state index in [4.69, 9.17) is 0 Å². The summed E-state index contributed by atoms with van der Waals surface area (Å²) in [5.74, 6) is -1.54. The molecule has 0 saturated heterocycles. The minimum atomic E-state index is -1.05. The summed E-state index contributed by atoms with van der Waals surface area (Å²) >= 11 is 3.39. The van der Waals surface area contributed by atoms with Crippen molar-refractivity contribution in [2.45, 2.75) is 22.3 Å². The fourth-order valence-electron chi connectivity index (χ4n) is 4.10. The van der Waals surface area contributed by atoms with Crippen molar-refractivity contribution in [1.82, 2.24) is 4.98 Å². The van der Waals surface area contributed by atoms with Crippen LogP contribution in [0.2, 0.25) is 0 Å². The molecular formula is C28H20F2NNaO2S2. The van der Waals surface area contributed by atoms with Crippen molar-refractivity contribution in [3.63, 3.8) is 0 Å². The first-order valence-electron chi connectivity index (χ1n) is 11.1. The molecule has 1 unspecified atom stereocenters. The van der Waals surface area contributed by atoms with Crippen LogP contribution >= 0.6 is 23.5 Å². The van der Waals surface area contributed by atoms with E-state index in [2.05, 4.69) is 29.2 Å². The quantitative estimate of drug-likeness (QED) is 0.361. The second-order valence-corrected chi connectivity index (χ2v) is 10.4. The van der Waals surface area contributed by atoms with E-state index >= 15 is 0 Å². The van der Waals surface area contributed by atoms with Gasteiger partial charge in [0, 0.05) is 28.1 Å². The number of carbonyl (C=O) groups is 1. The second-order valence-electron chi connectivity index (χ2n) is 8.19. The topological polar surface area (TPSA) is 53.0 Å². The first kappa shape index (κ1) is 26.9. The Labute approximate surface area is 238 Å². The predicted molar refractivity (Wildman–Crippen MR) is 137 cm³/mol. The van der Waals surface area contributed by atoms with Crippen molar-refractivity contribution in [3.8, 4) is 0 Å². The van der Waals surface area contributed by atoms with Crippen LogP contribution in [0.5, 0.6) is 0 Å². The smallest absolute Gasteiger partial charge is 0.550 e. The molecule has 1 aromatic heterocycles. The number of pyridine rings is 1. The number of rotatable bonds is 6. The van der Waals surface area contributed by atoms with E-state index < -0.39 is 17.6 Å². The Hall–Kier alpha value is -2.16. The molecule has 36 heavy (non-hydrogen) atoms. The van der Waals surface area contributed by atoms with E-state index in [1.807, 2.05) is 30.4 Å². The van der Waals surface area contributed by atoms with E-state index in [-0.39, 0.29) is 41.2 Å². The minimum Gasteiger partial charge on any atom is -0.550 e. The Morgan fingerprint density at radius 1 is 1.03 bits per heavy atom. The molecule has 1 atom stereocenters. The number of aliphatic carboxylic acids is 1. The Morgan fingerprint density at radius 2 is 1.83 bits per heavy atom. The molecular weight excluding hydrogens is 507 g/mol. The zero-order chi connectivity index (χ0) is 24.4. The van der Waals surface area contributed by atoms with Gasteiger partial charge in [0.1, 0.15) is 0 Å². The summed E-state index contributed by atoms with van der Waals surface area (Å²) in [5, 5.41) is 11.6. The van der Waals surface area contributed by atoms with Crippen molar-refractivity contribution >= 4 is 52.5 Å². The van der Waals surface area contributed by atoms with Crippen LogP contribution in [0.3, 0.4) is 0 Å². The number of carbonyl (C=O) groups excluding carboxylic acids is 1. The molecule has 176 valence electrons. The molecule has 1 aliphatic rings. The molecule has 4 aromatic rings. The van der Waals surface area contributed by atoms with Crippen molar-refractivity contribution < 1.29 is 48.2 Å². The van der Waals surface area contributed by atoms with Gasteiger partial charge in [-0.05, 0) is 64.8 Å². The normalized spacial score (nSPS) is 14.7.